The van der Waals surface area contributed by atoms with Crippen molar-refractivity contribution in [2.75, 3.05) is 12.3 Å². The van der Waals surface area contributed by atoms with Gasteiger partial charge in [0, 0.05) is 6.54 Å². The van der Waals surface area contributed by atoms with Crippen LogP contribution in [0.1, 0.15) is 18.4 Å². The number of carboxylic acids is 1. The SMILES string of the molecule is O=C(O)CCNS(=O)(=O)CCCc1ccccc1. The molecule has 0 aliphatic carbocycles. The second-order valence-corrected chi connectivity index (χ2v) is 5.87. The zero-order valence-electron chi connectivity index (χ0n) is 10.0. The fraction of sp³-hybridized carbons (Fsp3) is 0.417. The number of rotatable bonds is 8. The number of benzene rings is 1. The third-order valence-corrected chi connectivity index (χ3v) is 3.85. The second kappa shape index (κ2) is 7.13. The first-order chi connectivity index (χ1) is 8.49. The van der Waals surface area contributed by atoms with Crippen LogP contribution < -0.4 is 4.72 Å². The summed E-state index contributed by atoms with van der Waals surface area (Å²) in [7, 11) is -3.36. The largest absolute Gasteiger partial charge is 0.481 e. The standard InChI is InChI=1S/C12H17NO4S/c14-12(15)8-9-13-18(16,17)10-4-7-11-5-2-1-3-6-11/h1-3,5-6,13H,4,7-10H2,(H,14,15). The Bertz CT molecular complexity index is 470. The molecule has 18 heavy (non-hydrogen) atoms. The van der Waals surface area contributed by atoms with Crippen LogP contribution in [-0.4, -0.2) is 31.8 Å². The highest BCUT2D eigenvalue weighted by Crippen LogP contribution is 2.03. The highest BCUT2D eigenvalue weighted by Gasteiger charge is 2.10. The molecule has 100 valence electrons. The number of carbonyl (C=O) groups is 1. The van der Waals surface area contributed by atoms with E-state index in [1.165, 1.54) is 0 Å². The summed E-state index contributed by atoms with van der Waals surface area (Å²) < 4.78 is 25.3. The molecule has 1 aromatic carbocycles. The van der Waals surface area contributed by atoms with E-state index in [-0.39, 0.29) is 18.7 Å². The molecular weight excluding hydrogens is 254 g/mol. The number of aryl methyl sites for hydroxylation is 1. The van der Waals surface area contributed by atoms with E-state index < -0.39 is 16.0 Å². The van der Waals surface area contributed by atoms with Gasteiger partial charge in [0.2, 0.25) is 10.0 Å². The number of aliphatic carboxylic acids is 1. The van der Waals surface area contributed by atoms with Crippen molar-refractivity contribution in [2.45, 2.75) is 19.3 Å². The molecule has 0 spiro atoms. The Kier molecular flexibility index (Phi) is 5.80. The average Bonchev–Trinajstić information content (AvgIpc) is 2.29. The Balaban J connectivity index is 2.27. The topological polar surface area (TPSA) is 83.5 Å². The van der Waals surface area contributed by atoms with Crippen molar-refractivity contribution in [1.29, 1.82) is 0 Å². The van der Waals surface area contributed by atoms with Crippen LogP contribution in [-0.2, 0) is 21.2 Å². The van der Waals surface area contributed by atoms with Crippen LogP contribution >= 0.6 is 0 Å². The number of hydrogen-bond acceptors (Lipinski definition) is 3. The van der Waals surface area contributed by atoms with Gasteiger partial charge in [-0.3, -0.25) is 4.79 Å². The third kappa shape index (κ3) is 6.36. The van der Waals surface area contributed by atoms with E-state index in [4.69, 9.17) is 5.11 Å². The van der Waals surface area contributed by atoms with Gasteiger partial charge in [0.05, 0.1) is 12.2 Å². The number of sulfonamides is 1. The Morgan fingerprint density at radius 2 is 1.89 bits per heavy atom. The van der Waals surface area contributed by atoms with Crippen LogP contribution in [0.15, 0.2) is 30.3 Å². The smallest absolute Gasteiger partial charge is 0.304 e. The van der Waals surface area contributed by atoms with Gasteiger partial charge in [0.25, 0.3) is 0 Å². The molecule has 0 saturated carbocycles. The normalized spacial score (nSPS) is 11.3. The molecule has 1 aromatic rings. The molecule has 0 atom stereocenters. The molecule has 5 nitrogen and oxygen atoms in total. The lowest BCUT2D eigenvalue weighted by Gasteiger charge is -2.05. The molecule has 0 bridgehead atoms. The average molecular weight is 271 g/mol. The van der Waals surface area contributed by atoms with Gasteiger partial charge in [0.1, 0.15) is 0 Å². The van der Waals surface area contributed by atoms with Crippen LogP contribution in [0.4, 0.5) is 0 Å². The Labute approximate surface area is 107 Å². The van der Waals surface area contributed by atoms with Gasteiger partial charge in [-0.05, 0) is 18.4 Å². The van der Waals surface area contributed by atoms with Crippen molar-refractivity contribution in [3.05, 3.63) is 35.9 Å². The van der Waals surface area contributed by atoms with Crippen molar-refractivity contribution in [1.82, 2.24) is 4.72 Å². The Hall–Kier alpha value is -1.40. The van der Waals surface area contributed by atoms with E-state index in [1.54, 1.807) is 0 Å². The monoisotopic (exact) mass is 271 g/mol. The Morgan fingerprint density at radius 3 is 2.50 bits per heavy atom. The molecular formula is C12H17NO4S. The fourth-order valence-corrected chi connectivity index (χ4v) is 2.58. The van der Waals surface area contributed by atoms with Crippen molar-refractivity contribution < 1.29 is 18.3 Å². The van der Waals surface area contributed by atoms with Gasteiger partial charge in [-0.25, -0.2) is 13.1 Å². The van der Waals surface area contributed by atoms with E-state index in [1.807, 2.05) is 30.3 Å². The van der Waals surface area contributed by atoms with Gasteiger partial charge >= 0.3 is 5.97 Å². The van der Waals surface area contributed by atoms with Crippen LogP contribution in [0.25, 0.3) is 0 Å². The number of carboxylic acid groups (broad SMARTS) is 1. The van der Waals surface area contributed by atoms with Crippen LogP contribution in [0, 0.1) is 0 Å². The molecule has 2 N–H and O–H groups in total. The maximum Gasteiger partial charge on any atom is 0.304 e. The lowest BCUT2D eigenvalue weighted by Crippen LogP contribution is -2.28. The summed E-state index contributed by atoms with van der Waals surface area (Å²) in [5, 5.41) is 8.40. The van der Waals surface area contributed by atoms with E-state index in [2.05, 4.69) is 4.72 Å². The van der Waals surface area contributed by atoms with Crippen molar-refractivity contribution in [2.24, 2.45) is 0 Å². The van der Waals surface area contributed by atoms with Crippen LogP contribution in [0.3, 0.4) is 0 Å². The first kappa shape index (κ1) is 14.7. The highest BCUT2D eigenvalue weighted by atomic mass is 32.2. The lowest BCUT2D eigenvalue weighted by molar-refractivity contribution is -0.136. The van der Waals surface area contributed by atoms with Crippen molar-refractivity contribution >= 4 is 16.0 Å². The molecule has 0 saturated heterocycles. The van der Waals surface area contributed by atoms with Crippen LogP contribution in [0.2, 0.25) is 0 Å². The maximum absolute atomic E-state index is 11.5. The van der Waals surface area contributed by atoms with E-state index in [9.17, 15) is 13.2 Å². The van der Waals surface area contributed by atoms with E-state index in [0.29, 0.717) is 12.8 Å². The molecule has 1 rings (SSSR count). The molecule has 0 aromatic heterocycles. The van der Waals surface area contributed by atoms with Crippen molar-refractivity contribution in [3.63, 3.8) is 0 Å². The minimum absolute atomic E-state index is 0.0154. The third-order valence-electron chi connectivity index (χ3n) is 2.38. The highest BCUT2D eigenvalue weighted by molar-refractivity contribution is 7.89. The summed E-state index contributed by atoms with van der Waals surface area (Å²) in [4.78, 5) is 10.2. The van der Waals surface area contributed by atoms with E-state index >= 15 is 0 Å². The van der Waals surface area contributed by atoms with Crippen molar-refractivity contribution in [3.8, 4) is 0 Å². The van der Waals surface area contributed by atoms with Gasteiger partial charge < -0.3 is 5.11 Å². The summed E-state index contributed by atoms with van der Waals surface area (Å²) in [6.07, 6.45) is 1.02. The fourth-order valence-electron chi connectivity index (χ4n) is 1.50. The van der Waals surface area contributed by atoms with Gasteiger partial charge in [-0.15, -0.1) is 0 Å². The minimum atomic E-state index is -3.36. The van der Waals surface area contributed by atoms with Gasteiger partial charge in [-0.1, -0.05) is 30.3 Å². The molecule has 0 amide bonds. The van der Waals surface area contributed by atoms with Gasteiger partial charge in [0.15, 0.2) is 0 Å². The summed E-state index contributed by atoms with van der Waals surface area (Å²) in [6, 6.07) is 9.63. The van der Waals surface area contributed by atoms with E-state index in [0.717, 1.165) is 5.56 Å². The summed E-state index contributed by atoms with van der Waals surface area (Å²) in [5.74, 6) is -0.997. The molecule has 0 aliphatic heterocycles. The molecule has 0 heterocycles. The molecule has 0 fully saturated rings. The first-order valence-electron chi connectivity index (χ1n) is 5.73. The first-order valence-corrected chi connectivity index (χ1v) is 7.38. The number of nitrogens with one attached hydrogen (secondary N) is 1. The molecule has 0 radical (unpaired) electrons. The van der Waals surface area contributed by atoms with Crippen LogP contribution in [0.5, 0.6) is 0 Å². The molecule has 6 heteroatoms. The summed E-state index contributed by atoms with van der Waals surface area (Å²) in [5.41, 5.74) is 1.10. The molecule has 0 unspecified atom stereocenters. The zero-order valence-corrected chi connectivity index (χ0v) is 10.8. The summed E-state index contributed by atoms with van der Waals surface area (Å²) >= 11 is 0. The maximum atomic E-state index is 11.5. The quantitative estimate of drug-likeness (QED) is 0.739. The van der Waals surface area contributed by atoms with Gasteiger partial charge in [-0.2, -0.15) is 0 Å². The second-order valence-electron chi connectivity index (χ2n) is 3.95. The zero-order chi connectivity index (χ0) is 13.4. The predicted octanol–water partition coefficient (Wildman–Crippen LogP) is 1.01. The minimum Gasteiger partial charge on any atom is -0.481 e. The summed E-state index contributed by atoms with van der Waals surface area (Å²) in [6.45, 7) is -0.0526. The predicted molar refractivity (Wildman–Crippen MR) is 68.8 cm³/mol. The lowest BCUT2D eigenvalue weighted by atomic mass is 10.1. The number of hydrogen-bond donors (Lipinski definition) is 2. The Morgan fingerprint density at radius 1 is 1.22 bits per heavy atom. The molecule has 0 aliphatic rings.